The molecule has 0 bridgehead atoms. The monoisotopic (exact) mass is 263 g/mol. The van der Waals surface area contributed by atoms with Crippen LogP contribution in [0.15, 0.2) is 18.2 Å². The van der Waals surface area contributed by atoms with Crippen LogP contribution < -0.4 is 5.32 Å². The van der Waals surface area contributed by atoms with E-state index in [4.69, 9.17) is 5.11 Å². The van der Waals surface area contributed by atoms with Gasteiger partial charge in [-0.15, -0.1) is 11.3 Å². The first-order valence-corrected chi connectivity index (χ1v) is 7.07. The fourth-order valence-electron chi connectivity index (χ4n) is 2.32. The van der Waals surface area contributed by atoms with Gasteiger partial charge in [0.2, 0.25) is 0 Å². The van der Waals surface area contributed by atoms with Crippen LogP contribution in [0.1, 0.15) is 11.3 Å². The Morgan fingerprint density at radius 3 is 3.17 bits per heavy atom. The number of anilines is 1. The van der Waals surface area contributed by atoms with E-state index in [-0.39, 0.29) is 6.61 Å². The zero-order chi connectivity index (χ0) is 12.5. The van der Waals surface area contributed by atoms with E-state index in [1.165, 1.54) is 9.75 Å². The highest BCUT2D eigenvalue weighted by Gasteiger charge is 2.20. The molecule has 3 rings (SSSR count). The first kappa shape index (κ1) is 11.7. The van der Waals surface area contributed by atoms with Gasteiger partial charge in [-0.25, -0.2) is 4.68 Å². The van der Waals surface area contributed by atoms with Crippen molar-refractivity contribution in [1.82, 2.24) is 9.78 Å². The molecule has 2 aromatic rings. The highest BCUT2D eigenvalue weighted by molar-refractivity contribution is 7.15. The van der Waals surface area contributed by atoms with Gasteiger partial charge in [-0.2, -0.15) is 5.10 Å². The molecule has 4 nitrogen and oxygen atoms in total. The van der Waals surface area contributed by atoms with Crippen molar-refractivity contribution in [3.63, 3.8) is 0 Å². The number of thiophene rings is 1. The molecule has 0 saturated carbocycles. The van der Waals surface area contributed by atoms with Crippen molar-refractivity contribution in [2.75, 3.05) is 18.5 Å². The van der Waals surface area contributed by atoms with Crippen LogP contribution in [0.5, 0.6) is 0 Å². The third-order valence-electron chi connectivity index (χ3n) is 3.31. The molecule has 2 aromatic heterocycles. The second kappa shape index (κ2) is 4.74. The molecule has 3 heterocycles. The summed E-state index contributed by atoms with van der Waals surface area (Å²) in [5.74, 6) is 1.56. The first-order valence-electron chi connectivity index (χ1n) is 6.25. The number of fused-ring (bicyclic) bond motifs is 1. The Morgan fingerprint density at radius 2 is 2.44 bits per heavy atom. The molecule has 1 aliphatic rings. The standard InChI is InChI=1S/C13H17N3OS/c1-9-2-3-12(18-9)11-6-13-14-7-10(4-5-17)8-16(13)15-11/h2-3,6,10,14,17H,4-5,7-8H2,1H3. The molecule has 0 fully saturated rings. The van der Waals surface area contributed by atoms with E-state index >= 15 is 0 Å². The Morgan fingerprint density at radius 1 is 1.56 bits per heavy atom. The van der Waals surface area contributed by atoms with E-state index in [2.05, 4.69) is 35.5 Å². The van der Waals surface area contributed by atoms with Crippen molar-refractivity contribution in [1.29, 1.82) is 0 Å². The van der Waals surface area contributed by atoms with Crippen molar-refractivity contribution in [3.05, 3.63) is 23.1 Å². The summed E-state index contributed by atoms with van der Waals surface area (Å²) in [7, 11) is 0. The van der Waals surface area contributed by atoms with Crippen LogP contribution in [0.25, 0.3) is 10.6 Å². The summed E-state index contributed by atoms with van der Waals surface area (Å²) in [6.07, 6.45) is 0.833. The summed E-state index contributed by atoms with van der Waals surface area (Å²) in [5.41, 5.74) is 1.04. The van der Waals surface area contributed by atoms with Gasteiger partial charge in [-0.1, -0.05) is 0 Å². The SMILES string of the molecule is Cc1ccc(-c2cc3n(n2)CC(CCO)CN3)s1. The Labute approximate surface area is 110 Å². The number of aliphatic hydroxyl groups is 1. The van der Waals surface area contributed by atoms with Crippen molar-refractivity contribution in [2.24, 2.45) is 5.92 Å². The van der Waals surface area contributed by atoms with E-state index in [1.54, 1.807) is 11.3 Å². The molecule has 2 N–H and O–H groups in total. The fourth-order valence-corrected chi connectivity index (χ4v) is 3.15. The molecule has 0 aliphatic carbocycles. The Bertz CT molecular complexity index is 546. The number of hydrogen-bond donors (Lipinski definition) is 2. The molecular weight excluding hydrogens is 246 g/mol. The van der Waals surface area contributed by atoms with Crippen LogP contribution in [0.3, 0.4) is 0 Å². The van der Waals surface area contributed by atoms with Gasteiger partial charge in [0.05, 0.1) is 4.88 Å². The number of hydrogen-bond acceptors (Lipinski definition) is 4. The van der Waals surface area contributed by atoms with Gasteiger partial charge < -0.3 is 10.4 Å². The Hall–Kier alpha value is -1.33. The second-order valence-corrected chi connectivity index (χ2v) is 6.05. The topological polar surface area (TPSA) is 50.1 Å². The van der Waals surface area contributed by atoms with Gasteiger partial charge in [-0.3, -0.25) is 0 Å². The van der Waals surface area contributed by atoms with Gasteiger partial charge in [0, 0.05) is 30.6 Å². The van der Waals surface area contributed by atoms with E-state index in [1.807, 2.05) is 4.68 Å². The Kier molecular flexibility index (Phi) is 3.09. The molecule has 96 valence electrons. The number of nitrogens with zero attached hydrogens (tertiary/aromatic N) is 2. The van der Waals surface area contributed by atoms with Gasteiger partial charge in [0.25, 0.3) is 0 Å². The quantitative estimate of drug-likeness (QED) is 0.893. The predicted octanol–water partition coefficient (Wildman–Crippen LogP) is 2.34. The summed E-state index contributed by atoms with van der Waals surface area (Å²) in [6.45, 7) is 4.18. The van der Waals surface area contributed by atoms with Crippen LogP contribution >= 0.6 is 11.3 Å². The molecule has 18 heavy (non-hydrogen) atoms. The van der Waals surface area contributed by atoms with Gasteiger partial charge in [-0.05, 0) is 31.4 Å². The second-order valence-electron chi connectivity index (χ2n) is 4.77. The minimum absolute atomic E-state index is 0.250. The largest absolute Gasteiger partial charge is 0.396 e. The van der Waals surface area contributed by atoms with Gasteiger partial charge in [0.15, 0.2) is 0 Å². The number of aryl methyl sites for hydroxylation is 1. The summed E-state index contributed by atoms with van der Waals surface area (Å²) in [6, 6.07) is 6.36. The molecule has 5 heteroatoms. The third kappa shape index (κ3) is 2.15. The number of rotatable bonds is 3. The van der Waals surface area contributed by atoms with Crippen LogP contribution in [-0.4, -0.2) is 28.0 Å². The van der Waals surface area contributed by atoms with Crippen molar-refractivity contribution in [2.45, 2.75) is 19.9 Å². The van der Waals surface area contributed by atoms with Crippen molar-refractivity contribution in [3.8, 4) is 10.6 Å². The van der Waals surface area contributed by atoms with Gasteiger partial charge >= 0.3 is 0 Å². The van der Waals surface area contributed by atoms with Crippen LogP contribution in [0, 0.1) is 12.8 Å². The normalized spacial score (nSPS) is 18.4. The highest BCUT2D eigenvalue weighted by Crippen LogP contribution is 2.30. The van der Waals surface area contributed by atoms with E-state index in [9.17, 15) is 0 Å². The number of aromatic nitrogens is 2. The lowest BCUT2D eigenvalue weighted by molar-refractivity contribution is 0.244. The minimum atomic E-state index is 0.250. The summed E-state index contributed by atoms with van der Waals surface area (Å²) >= 11 is 1.77. The highest BCUT2D eigenvalue weighted by atomic mass is 32.1. The van der Waals surface area contributed by atoms with Crippen LogP contribution in [0.2, 0.25) is 0 Å². The summed E-state index contributed by atoms with van der Waals surface area (Å²) in [4.78, 5) is 2.52. The molecule has 0 aromatic carbocycles. The molecule has 1 aliphatic heterocycles. The lowest BCUT2D eigenvalue weighted by Gasteiger charge is -2.23. The number of aliphatic hydroxyl groups excluding tert-OH is 1. The predicted molar refractivity (Wildman–Crippen MR) is 74.0 cm³/mol. The maximum absolute atomic E-state index is 9.00. The molecule has 0 radical (unpaired) electrons. The Balaban J connectivity index is 1.85. The fraction of sp³-hybridized carbons (Fsp3) is 0.462. The third-order valence-corrected chi connectivity index (χ3v) is 4.34. The van der Waals surface area contributed by atoms with Crippen molar-refractivity contribution >= 4 is 17.2 Å². The molecular formula is C13H17N3OS. The molecule has 0 spiro atoms. The average molecular weight is 263 g/mol. The lowest BCUT2D eigenvalue weighted by Crippen LogP contribution is -2.28. The maximum atomic E-state index is 9.00. The lowest BCUT2D eigenvalue weighted by atomic mass is 10.1. The average Bonchev–Trinajstić information content (AvgIpc) is 2.94. The first-order chi connectivity index (χ1) is 8.76. The molecule has 1 unspecified atom stereocenters. The summed E-state index contributed by atoms with van der Waals surface area (Å²) < 4.78 is 2.02. The smallest absolute Gasteiger partial charge is 0.124 e. The van der Waals surface area contributed by atoms with Crippen molar-refractivity contribution < 1.29 is 5.11 Å². The van der Waals surface area contributed by atoms with E-state index in [0.717, 1.165) is 31.0 Å². The number of nitrogens with one attached hydrogen (secondary N) is 1. The maximum Gasteiger partial charge on any atom is 0.124 e. The molecule has 0 saturated heterocycles. The zero-order valence-electron chi connectivity index (χ0n) is 10.4. The summed E-state index contributed by atoms with van der Waals surface area (Å²) in [5, 5.41) is 17.0. The van der Waals surface area contributed by atoms with E-state index < -0.39 is 0 Å². The van der Waals surface area contributed by atoms with Gasteiger partial charge in [0.1, 0.15) is 11.5 Å². The minimum Gasteiger partial charge on any atom is -0.396 e. The molecule has 1 atom stereocenters. The van der Waals surface area contributed by atoms with Crippen LogP contribution in [0.4, 0.5) is 5.82 Å². The zero-order valence-corrected chi connectivity index (χ0v) is 11.2. The van der Waals surface area contributed by atoms with E-state index in [0.29, 0.717) is 5.92 Å². The van der Waals surface area contributed by atoms with Crippen LogP contribution in [-0.2, 0) is 6.54 Å². The molecule has 0 amide bonds.